The van der Waals surface area contributed by atoms with Crippen LogP contribution in [0.2, 0.25) is 0 Å². The summed E-state index contributed by atoms with van der Waals surface area (Å²) in [7, 11) is 1.73. The van der Waals surface area contributed by atoms with E-state index in [1.54, 1.807) is 28.8 Å². The van der Waals surface area contributed by atoms with Crippen LogP contribution in [0.15, 0.2) is 36.8 Å². The van der Waals surface area contributed by atoms with Crippen molar-refractivity contribution in [2.24, 2.45) is 24.8 Å². The lowest BCUT2D eigenvalue weighted by Gasteiger charge is -2.26. The van der Waals surface area contributed by atoms with Gasteiger partial charge in [0.1, 0.15) is 11.4 Å². The van der Waals surface area contributed by atoms with E-state index < -0.39 is 18.7 Å². The van der Waals surface area contributed by atoms with E-state index >= 15 is 0 Å². The zero-order valence-electron chi connectivity index (χ0n) is 20.7. The average molecular weight is 542 g/mol. The van der Waals surface area contributed by atoms with E-state index in [1.807, 2.05) is 4.90 Å². The molecule has 4 unspecified atom stereocenters. The third kappa shape index (κ3) is 5.92. The fraction of sp³-hybridized carbons (Fsp3) is 0.560. The van der Waals surface area contributed by atoms with Crippen LogP contribution in [0.1, 0.15) is 16.1 Å². The lowest BCUT2D eigenvalue weighted by Crippen LogP contribution is -2.40. The minimum absolute atomic E-state index is 0.0758. The highest BCUT2D eigenvalue weighted by Crippen LogP contribution is 2.52. The molecule has 1 saturated carbocycles. The summed E-state index contributed by atoms with van der Waals surface area (Å²) in [6.45, 7) is 1.39. The van der Waals surface area contributed by atoms with Crippen LogP contribution < -0.4 is 4.74 Å². The van der Waals surface area contributed by atoms with Crippen LogP contribution in [0.5, 0.6) is 5.75 Å². The van der Waals surface area contributed by atoms with Crippen LogP contribution >= 0.6 is 0 Å². The van der Waals surface area contributed by atoms with Crippen LogP contribution in [0.3, 0.4) is 0 Å². The monoisotopic (exact) mass is 541 g/mol. The van der Waals surface area contributed by atoms with Crippen molar-refractivity contribution in [3.05, 3.63) is 48.0 Å². The lowest BCUT2D eigenvalue weighted by atomic mass is 10.1. The molecule has 1 aliphatic carbocycles. The number of alkyl halides is 5. The molecule has 2 saturated heterocycles. The number of imidazole rings is 1. The molecule has 2 aliphatic heterocycles. The number of aromatic nitrogens is 2. The van der Waals surface area contributed by atoms with Gasteiger partial charge in [0.25, 0.3) is 5.91 Å². The van der Waals surface area contributed by atoms with Gasteiger partial charge in [-0.05, 0) is 35.4 Å². The number of fused-ring (bicyclic) bond motifs is 1. The molecule has 2 aromatic rings. The number of aryl methyl sites for hydroxylation is 1. The fourth-order valence-electron chi connectivity index (χ4n) is 5.58. The number of likely N-dealkylation sites (tertiary alicyclic amines) is 2. The molecule has 2 amide bonds. The van der Waals surface area contributed by atoms with Crippen molar-refractivity contribution in [1.29, 1.82) is 0 Å². The van der Waals surface area contributed by atoms with Crippen molar-refractivity contribution in [1.82, 2.24) is 24.3 Å². The zero-order valence-corrected chi connectivity index (χ0v) is 20.7. The summed E-state index contributed by atoms with van der Waals surface area (Å²) < 4.78 is 70.6. The first-order chi connectivity index (χ1) is 18.0. The number of rotatable bonds is 8. The Hall–Kier alpha value is -3.22. The van der Waals surface area contributed by atoms with Crippen molar-refractivity contribution in [2.45, 2.75) is 25.3 Å². The highest BCUT2D eigenvalue weighted by molar-refractivity contribution is 5.92. The summed E-state index contributed by atoms with van der Waals surface area (Å²) in [5.41, 5.74) is 0.716. The van der Waals surface area contributed by atoms with Crippen molar-refractivity contribution in [3.8, 4) is 5.75 Å². The Labute approximate surface area is 215 Å². The number of piperidine rings is 1. The molecule has 1 aromatic heterocycles. The lowest BCUT2D eigenvalue weighted by molar-refractivity contribution is -0.274. The standard InChI is InChI=1S/C25H28F5N5O3/c1-32-12-22(31-14-32)24(37)35(6-15-3-2-4-16(5-15)38-25(28,29)30)9-19-17-7-33(8-18(17)19)13-23(36)34-10-20(26)21(27)11-34/h2-5,12,14,17-21H,6-11,13H2,1H3. The zero-order chi connectivity index (χ0) is 27.2. The van der Waals surface area contributed by atoms with Crippen LogP contribution in [-0.4, -0.2) is 94.0 Å². The summed E-state index contributed by atoms with van der Waals surface area (Å²) in [4.78, 5) is 34.6. The SMILES string of the molecule is Cn1cnc(C(=O)N(Cc2cccc(OC(F)(F)F)c2)CC2C3CN(CC(=O)N4CC(F)C(F)C4)CC32)c1. The summed E-state index contributed by atoms with van der Waals surface area (Å²) in [5, 5.41) is 0. The van der Waals surface area contributed by atoms with Gasteiger partial charge in [-0.2, -0.15) is 0 Å². The molecule has 0 radical (unpaired) electrons. The number of benzene rings is 1. The Morgan fingerprint density at radius 1 is 1.11 bits per heavy atom. The molecule has 0 N–H and O–H groups in total. The highest BCUT2D eigenvalue weighted by atomic mass is 19.4. The summed E-state index contributed by atoms with van der Waals surface area (Å²) in [6.07, 6.45) is -5.02. The number of nitrogens with zero attached hydrogens (tertiary/aromatic N) is 5. The number of hydrogen-bond acceptors (Lipinski definition) is 5. The second-order valence-corrected chi connectivity index (χ2v) is 10.3. The van der Waals surface area contributed by atoms with Gasteiger partial charge in [0.2, 0.25) is 5.91 Å². The number of hydrogen-bond donors (Lipinski definition) is 0. The third-order valence-electron chi connectivity index (χ3n) is 7.49. The highest BCUT2D eigenvalue weighted by Gasteiger charge is 2.56. The van der Waals surface area contributed by atoms with Gasteiger partial charge in [-0.25, -0.2) is 13.8 Å². The molecule has 3 heterocycles. The van der Waals surface area contributed by atoms with Crippen LogP contribution in [-0.2, 0) is 18.4 Å². The fourth-order valence-corrected chi connectivity index (χ4v) is 5.58. The number of halogens is 5. The van der Waals surface area contributed by atoms with E-state index in [0.717, 1.165) is 0 Å². The molecule has 8 nitrogen and oxygen atoms in total. The van der Waals surface area contributed by atoms with E-state index in [2.05, 4.69) is 9.72 Å². The average Bonchev–Trinajstić information content (AvgIpc) is 3.23. The second kappa shape index (κ2) is 10.2. The van der Waals surface area contributed by atoms with Crippen LogP contribution in [0.4, 0.5) is 22.0 Å². The Kier molecular flexibility index (Phi) is 7.05. The molecule has 13 heteroatoms. The first-order valence-electron chi connectivity index (χ1n) is 12.4. The predicted molar refractivity (Wildman–Crippen MR) is 124 cm³/mol. The van der Waals surface area contributed by atoms with Gasteiger partial charge >= 0.3 is 6.36 Å². The molecule has 0 bridgehead atoms. The van der Waals surface area contributed by atoms with Crippen molar-refractivity contribution >= 4 is 11.8 Å². The molecule has 1 aromatic carbocycles. The molecule has 206 valence electrons. The Bertz CT molecular complexity index is 1170. The first kappa shape index (κ1) is 26.4. The normalized spacial score (nSPS) is 26.9. The largest absolute Gasteiger partial charge is 0.573 e. The number of carbonyl (C=O) groups is 2. The van der Waals surface area contributed by atoms with Gasteiger partial charge in [-0.3, -0.25) is 14.5 Å². The van der Waals surface area contributed by atoms with Gasteiger partial charge in [0.05, 0.1) is 26.0 Å². The summed E-state index contributed by atoms with van der Waals surface area (Å²) >= 11 is 0. The van der Waals surface area contributed by atoms with Crippen molar-refractivity contribution in [2.75, 3.05) is 39.3 Å². The predicted octanol–water partition coefficient (Wildman–Crippen LogP) is 2.66. The maximum absolute atomic E-state index is 13.4. The third-order valence-corrected chi connectivity index (χ3v) is 7.49. The second-order valence-electron chi connectivity index (χ2n) is 10.3. The Balaban J connectivity index is 1.21. The van der Waals surface area contributed by atoms with E-state index in [4.69, 9.17) is 0 Å². The quantitative estimate of drug-likeness (QED) is 0.481. The first-order valence-corrected chi connectivity index (χ1v) is 12.4. The number of amides is 2. The molecule has 3 fully saturated rings. The number of ether oxygens (including phenoxy) is 1. The van der Waals surface area contributed by atoms with Gasteiger partial charge < -0.3 is 19.1 Å². The van der Waals surface area contributed by atoms with E-state index in [0.29, 0.717) is 25.2 Å². The van der Waals surface area contributed by atoms with E-state index in [1.165, 1.54) is 29.4 Å². The van der Waals surface area contributed by atoms with Gasteiger partial charge in [0, 0.05) is 39.4 Å². The molecule has 4 atom stereocenters. The number of carbonyl (C=O) groups excluding carboxylic acids is 2. The van der Waals surface area contributed by atoms with Gasteiger partial charge in [-0.1, -0.05) is 12.1 Å². The molecule has 3 aliphatic rings. The Morgan fingerprint density at radius 3 is 2.39 bits per heavy atom. The maximum atomic E-state index is 13.4. The molecular weight excluding hydrogens is 513 g/mol. The van der Waals surface area contributed by atoms with E-state index in [-0.39, 0.29) is 67.2 Å². The van der Waals surface area contributed by atoms with Crippen molar-refractivity contribution in [3.63, 3.8) is 0 Å². The maximum Gasteiger partial charge on any atom is 0.573 e. The topological polar surface area (TPSA) is 70.9 Å². The molecule has 0 spiro atoms. The molecular formula is C25H28F5N5O3. The van der Waals surface area contributed by atoms with Crippen LogP contribution in [0, 0.1) is 17.8 Å². The van der Waals surface area contributed by atoms with E-state index in [9.17, 15) is 31.5 Å². The van der Waals surface area contributed by atoms with Gasteiger partial charge in [0.15, 0.2) is 12.3 Å². The summed E-state index contributed by atoms with van der Waals surface area (Å²) in [6, 6.07) is 5.53. The van der Waals surface area contributed by atoms with Crippen LogP contribution in [0.25, 0.3) is 0 Å². The molecule has 5 rings (SSSR count). The Morgan fingerprint density at radius 2 is 1.79 bits per heavy atom. The summed E-state index contributed by atoms with van der Waals surface area (Å²) in [5.74, 6) is -0.314. The van der Waals surface area contributed by atoms with Gasteiger partial charge in [-0.15, -0.1) is 13.2 Å². The molecule has 38 heavy (non-hydrogen) atoms. The van der Waals surface area contributed by atoms with Crippen molar-refractivity contribution < 1.29 is 36.3 Å². The minimum atomic E-state index is -4.82. The minimum Gasteiger partial charge on any atom is -0.406 e. The smallest absolute Gasteiger partial charge is 0.406 e.